The van der Waals surface area contributed by atoms with Crippen LogP contribution < -0.4 is 46.6 Å². The minimum Gasteiger partial charge on any atom is -0.386 e. The summed E-state index contributed by atoms with van der Waals surface area (Å²) in [6.45, 7) is 11.1. The second-order valence-electron chi connectivity index (χ2n) is 29.1. The number of anilines is 12. The number of carbonyl (C=O) groups is 3. The molecule has 6 aromatic heterocycles. The minimum absolute atomic E-state index is 0. The zero-order valence-corrected chi connectivity index (χ0v) is 61.7. The van der Waals surface area contributed by atoms with Crippen LogP contribution in [0.15, 0.2) is 139 Å². The number of H-pyrrole nitrogens is 3. The van der Waals surface area contributed by atoms with E-state index in [1.54, 1.807) is 0 Å². The third-order valence-corrected chi connectivity index (χ3v) is 22.9. The maximum atomic E-state index is 12.0. The number of nitrogens with zero attached hydrogens (tertiary/aromatic N) is 12. The summed E-state index contributed by atoms with van der Waals surface area (Å²) in [5.41, 5.74) is 3.58. The van der Waals surface area contributed by atoms with Gasteiger partial charge in [-0.05, 0) is 204 Å². The molecular weight excluding hydrogens is 1390 g/mol. The molecule has 0 spiro atoms. The SMILES string of the molecule is CCC(=O)Nc1ccc(Sc2nc(Nc3cc(C)[nH]n3)cc(N3CC(O)(C4CCCCC4)C3)n2)cc1.CCC(=O)Nc1ccc(Sc2nc(Nc3cc(C4CC4)[nH]n3)cc(N3CC(O)(C4CC4)C3)n2)cc1.Cc1cc(Nc2cc(N3CC(O)(C4CC4)C3)nc(Sc3ccc(NC(=O)C4CC4)cc3)n2)n[nH]1.[HH].[HH].[HH].[HH].[HH].[HH].[HH].[HH].[HH]. The van der Waals surface area contributed by atoms with E-state index in [4.69, 9.17) is 24.9 Å². The Labute approximate surface area is 635 Å². The van der Waals surface area contributed by atoms with Crippen molar-refractivity contribution in [1.82, 2.24) is 60.5 Å². The van der Waals surface area contributed by atoms with Crippen LogP contribution in [-0.4, -0.2) is 150 Å². The summed E-state index contributed by atoms with van der Waals surface area (Å²) >= 11 is 4.37. The Balaban J connectivity index is 0.000000256. The molecule has 0 radical (unpaired) electrons. The molecule has 566 valence electrons. The Morgan fingerprint density at radius 1 is 0.438 bits per heavy atom. The number of β-amino-alcohol motifs (C(OH)–C–C–N with tert-alkyl or cyclic N) is 3. The highest BCUT2D eigenvalue weighted by Crippen LogP contribution is 2.48. The first-order valence-electron chi connectivity index (χ1n) is 36.5. The lowest BCUT2D eigenvalue weighted by Gasteiger charge is -2.52. The molecule has 17 rings (SSSR count). The van der Waals surface area contributed by atoms with Crippen molar-refractivity contribution >= 4 is 122 Å². The average molecular weight is 1500 g/mol. The summed E-state index contributed by atoms with van der Waals surface area (Å²) in [5, 5.41) is 75.1. The number of benzene rings is 3. The predicted molar refractivity (Wildman–Crippen MR) is 427 cm³/mol. The molecule has 0 bridgehead atoms. The molecule has 0 atom stereocenters. The van der Waals surface area contributed by atoms with Gasteiger partial charge in [0.25, 0.3) is 0 Å². The summed E-state index contributed by atoms with van der Waals surface area (Å²) in [6, 6.07) is 34.7. The van der Waals surface area contributed by atoms with E-state index in [2.05, 4.69) is 82.2 Å². The summed E-state index contributed by atoms with van der Waals surface area (Å²) in [4.78, 5) is 73.1. The molecule has 105 heavy (non-hydrogen) atoms. The van der Waals surface area contributed by atoms with E-state index < -0.39 is 16.8 Å². The molecule has 12 N–H and O–H groups in total. The number of rotatable bonds is 25. The van der Waals surface area contributed by atoms with Gasteiger partial charge < -0.3 is 61.9 Å². The molecule has 0 unspecified atom stereocenters. The fourth-order valence-corrected chi connectivity index (χ4v) is 15.9. The van der Waals surface area contributed by atoms with Gasteiger partial charge in [-0.2, -0.15) is 15.3 Å². The predicted octanol–water partition coefficient (Wildman–Crippen LogP) is 15.1. The van der Waals surface area contributed by atoms with Crippen LogP contribution in [-0.2, 0) is 14.4 Å². The molecule has 5 aliphatic carbocycles. The Morgan fingerprint density at radius 2 is 0.790 bits per heavy atom. The number of aryl methyl sites for hydroxylation is 2. The van der Waals surface area contributed by atoms with E-state index in [9.17, 15) is 29.7 Å². The van der Waals surface area contributed by atoms with Gasteiger partial charge in [-0.3, -0.25) is 29.7 Å². The van der Waals surface area contributed by atoms with Crippen LogP contribution in [0.5, 0.6) is 0 Å². The van der Waals surface area contributed by atoms with Crippen molar-refractivity contribution in [3.05, 3.63) is 126 Å². The van der Waals surface area contributed by atoms with Crippen LogP contribution in [0.3, 0.4) is 0 Å². The number of aromatic nitrogens is 12. The first-order chi connectivity index (χ1) is 50.8. The quantitative estimate of drug-likeness (QED) is 0.0236. The number of aliphatic hydroxyl groups is 3. The molecule has 3 aliphatic heterocycles. The lowest BCUT2D eigenvalue weighted by Crippen LogP contribution is -2.66. The zero-order chi connectivity index (χ0) is 72.4. The second kappa shape index (κ2) is 30.6. The van der Waals surface area contributed by atoms with Gasteiger partial charge in [0.1, 0.15) is 51.7 Å². The zero-order valence-electron chi connectivity index (χ0n) is 59.3. The van der Waals surface area contributed by atoms with E-state index in [1.165, 1.54) is 67.4 Å². The molecule has 3 saturated heterocycles. The van der Waals surface area contributed by atoms with E-state index in [-0.39, 0.29) is 36.5 Å². The first-order valence-corrected chi connectivity index (χ1v) is 39.0. The number of amides is 3. The van der Waals surface area contributed by atoms with Gasteiger partial charge in [0.15, 0.2) is 32.9 Å². The van der Waals surface area contributed by atoms with Crippen LogP contribution >= 0.6 is 35.3 Å². The van der Waals surface area contributed by atoms with Crippen molar-refractivity contribution in [1.29, 1.82) is 0 Å². The number of carbonyl (C=O) groups excluding carboxylic acids is 3. The summed E-state index contributed by atoms with van der Waals surface area (Å²) in [5.74, 6) is 8.48. The Hall–Kier alpha value is -9.33. The van der Waals surface area contributed by atoms with Gasteiger partial charge in [-0.15, -0.1) is 0 Å². The van der Waals surface area contributed by atoms with Crippen molar-refractivity contribution < 1.29 is 42.5 Å². The molecule has 8 fully saturated rings. The summed E-state index contributed by atoms with van der Waals surface area (Å²) in [6.07, 6.45) is 15.6. The smallest absolute Gasteiger partial charge is 0.227 e. The highest BCUT2D eigenvalue weighted by molar-refractivity contribution is 7.99. The van der Waals surface area contributed by atoms with Crippen molar-refractivity contribution in [2.24, 2.45) is 23.7 Å². The third-order valence-electron chi connectivity index (χ3n) is 20.3. The number of nitrogens with one attached hydrogen (secondary N) is 9. The molecule has 27 nitrogen and oxygen atoms in total. The Morgan fingerprint density at radius 3 is 1.12 bits per heavy atom. The van der Waals surface area contributed by atoms with Crippen LogP contribution in [0.2, 0.25) is 0 Å². The second-order valence-corrected chi connectivity index (χ2v) is 32.2. The van der Waals surface area contributed by atoms with Gasteiger partial charge in [-0.25, -0.2) is 29.9 Å². The van der Waals surface area contributed by atoms with Gasteiger partial charge in [0.2, 0.25) is 17.7 Å². The fraction of sp³-hybridized carbons (Fsp3) is 0.440. The molecule has 30 heteroatoms. The maximum Gasteiger partial charge on any atom is 0.227 e. The maximum absolute atomic E-state index is 12.0. The normalized spacial score (nSPS) is 18.4. The summed E-state index contributed by atoms with van der Waals surface area (Å²) < 4.78 is 0. The number of hydrogen-bond acceptors (Lipinski definition) is 24. The van der Waals surface area contributed by atoms with E-state index >= 15 is 0 Å². The highest BCUT2D eigenvalue weighted by Gasteiger charge is 2.54. The van der Waals surface area contributed by atoms with E-state index in [1.807, 2.05) is 137 Å². The van der Waals surface area contributed by atoms with Gasteiger partial charge in [0, 0.05) is 123 Å². The molecule has 3 aromatic carbocycles. The van der Waals surface area contributed by atoms with E-state index in [0.717, 1.165) is 123 Å². The molecule has 8 aliphatic rings. The molecule has 9 aromatic rings. The molecule has 5 saturated carbocycles. The Kier molecular flexibility index (Phi) is 20.8. The van der Waals surface area contributed by atoms with Crippen LogP contribution in [0.1, 0.15) is 146 Å². The van der Waals surface area contributed by atoms with Crippen LogP contribution in [0.4, 0.5) is 69.4 Å². The van der Waals surface area contributed by atoms with Crippen LogP contribution in [0.25, 0.3) is 0 Å². The van der Waals surface area contributed by atoms with Crippen molar-refractivity contribution in [2.75, 3.05) is 85.9 Å². The average Bonchev–Trinajstić information content (AvgIpc) is 1.43. The lowest BCUT2D eigenvalue weighted by molar-refractivity contribution is -0.117. The Bertz CT molecular complexity index is 4600. The van der Waals surface area contributed by atoms with E-state index in [0.29, 0.717) is 120 Å². The lowest BCUT2D eigenvalue weighted by atomic mass is 9.73. The molecule has 9 heterocycles. The molecular formula is C75H107N21O6S3. The fourth-order valence-electron chi connectivity index (χ4n) is 13.6. The standard InChI is InChI=1S/C26H33N7O2S.C25H29N7O2S.C24H27N7O2S.9H2/c1-3-24(34)27-19-9-11-20(12-10-19)36-25-29-21(28-22-13-17(2)31-32-22)14-23(30-25)33-15-26(35,16-33)18-7-5-4-6-8-18;1-2-23(33)26-17-7-9-18(10-8-17)35-24-28-20(27-21-11-19(30-31-21)15-3-4-15)12-22(29-24)32-13-25(34,14-32)16-5-6-16;1-14-10-20(30-29-14)26-19-11-21(31-12-24(33,13-31)16-4-5-16)28-23(27-19)34-18-8-6-17(7-9-18)25-22(32)15-2-3-15;;;;;;;;;/h9-14,18,35H,3-8,15-16H2,1-2H3,(H,27,34)(H2,28,29,30,31,32);7-12,15-16,34H,2-6,13-14H2,1H3,(H,26,33)(H2,27,28,29,30,31);6-11,15-16,33H,2-5,12-13H2,1H3,(H,25,32)(H2,26,27,28,29,30);9*1H. The molecule has 3 amide bonds. The first kappa shape index (κ1) is 71.3. The monoisotopic (exact) mass is 1490 g/mol. The largest absolute Gasteiger partial charge is 0.386 e. The third kappa shape index (κ3) is 18.1. The van der Waals surface area contributed by atoms with Crippen molar-refractivity contribution in [3.63, 3.8) is 0 Å². The summed E-state index contributed by atoms with van der Waals surface area (Å²) in [7, 11) is 0. The minimum atomic E-state index is -0.635. The van der Waals surface area contributed by atoms with Crippen molar-refractivity contribution in [3.8, 4) is 0 Å². The topological polar surface area (TPSA) is 357 Å². The van der Waals surface area contributed by atoms with Gasteiger partial charge >= 0.3 is 0 Å². The van der Waals surface area contributed by atoms with Crippen LogP contribution in [0, 0.1) is 37.5 Å². The number of aromatic amines is 3. The van der Waals surface area contributed by atoms with Gasteiger partial charge in [0.05, 0.1) is 39.3 Å². The highest BCUT2D eigenvalue weighted by atomic mass is 32.2. The van der Waals surface area contributed by atoms with Gasteiger partial charge in [-0.1, -0.05) is 33.1 Å². The number of hydrogen-bond donors (Lipinski definition) is 12. The van der Waals surface area contributed by atoms with Crippen molar-refractivity contribution in [2.45, 2.75) is 177 Å².